The van der Waals surface area contributed by atoms with Gasteiger partial charge in [-0.3, -0.25) is 14.2 Å². The molecule has 0 aliphatic carbocycles. The molecule has 166 valence electrons. The summed E-state index contributed by atoms with van der Waals surface area (Å²) in [6, 6.07) is -2.02. The van der Waals surface area contributed by atoms with Gasteiger partial charge in [-0.1, -0.05) is 0 Å². The molecule has 1 aromatic heterocycles. The molecule has 3 N–H and O–H groups in total. The Kier molecular flexibility index (Phi) is 5.92. The van der Waals surface area contributed by atoms with Crippen molar-refractivity contribution in [3.8, 4) is 0 Å². The fourth-order valence-electron chi connectivity index (χ4n) is 4.25. The van der Waals surface area contributed by atoms with Crippen LogP contribution in [0.25, 0.3) is 0 Å². The summed E-state index contributed by atoms with van der Waals surface area (Å²) in [6.45, 7) is 2.12. The van der Waals surface area contributed by atoms with E-state index in [0.29, 0.717) is 23.8 Å². The van der Waals surface area contributed by atoms with Crippen molar-refractivity contribution in [3.05, 3.63) is 18.7 Å². The summed E-state index contributed by atoms with van der Waals surface area (Å²) >= 11 is 0. The monoisotopic (exact) mass is 444 g/mol. The van der Waals surface area contributed by atoms with Gasteiger partial charge in [0.15, 0.2) is 0 Å². The molecule has 3 aliphatic rings. The predicted molar refractivity (Wildman–Crippen MR) is 99.6 cm³/mol. The van der Waals surface area contributed by atoms with Gasteiger partial charge in [-0.15, -0.1) is 4.28 Å². The first-order valence-electron chi connectivity index (χ1n) is 9.68. The molecule has 0 spiro atoms. The molecule has 0 saturated carbocycles. The average molecular weight is 444 g/mol. The number of aromatic nitrogens is 2. The quantitative estimate of drug-likeness (QED) is 0.335. The van der Waals surface area contributed by atoms with Crippen LogP contribution in [0.3, 0.4) is 0 Å². The molecule has 30 heavy (non-hydrogen) atoms. The fourth-order valence-corrected chi connectivity index (χ4v) is 4.64. The molecule has 1 aromatic rings. The minimum Gasteiger partial charge on any atom is -0.337 e. The number of urea groups is 1. The van der Waals surface area contributed by atoms with Crippen LogP contribution >= 0.6 is 0 Å². The Hall–Kier alpha value is -2.26. The maximum Gasteiger partial charge on any atom is 0.418 e. The van der Waals surface area contributed by atoms with Crippen LogP contribution in [-0.2, 0) is 30.9 Å². The minimum atomic E-state index is -4.82. The molecule has 0 unspecified atom stereocenters. The van der Waals surface area contributed by atoms with E-state index >= 15 is 0 Å². The van der Waals surface area contributed by atoms with Crippen LogP contribution in [0.1, 0.15) is 19.3 Å². The Morgan fingerprint density at radius 1 is 1.40 bits per heavy atom. The lowest BCUT2D eigenvalue weighted by Crippen LogP contribution is -2.50. The van der Waals surface area contributed by atoms with E-state index in [9.17, 15) is 18.0 Å². The first kappa shape index (κ1) is 21.0. The molecule has 3 saturated heterocycles. The third-order valence-corrected chi connectivity index (χ3v) is 5.95. The number of imidazole rings is 1. The molecule has 0 radical (unpaired) electrons. The molecule has 4 atom stereocenters. The Morgan fingerprint density at radius 2 is 2.23 bits per heavy atom. The lowest BCUT2D eigenvalue weighted by molar-refractivity contribution is -0.139. The van der Waals surface area contributed by atoms with Gasteiger partial charge in [0.25, 0.3) is 5.91 Å². The highest BCUT2D eigenvalue weighted by atomic mass is 32.3. The van der Waals surface area contributed by atoms with Crippen molar-refractivity contribution in [2.45, 2.75) is 43.9 Å². The number of carbonyl (C=O) groups is 2. The largest absolute Gasteiger partial charge is 0.418 e. The Bertz CT molecular complexity index is 879. The number of hydrogen-bond acceptors (Lipinski definition) is 8. The van der Waals surface area contributed by atoms with Crippen LogP contribution in [-0.4, -0.2) is 82.2 Å². The topological polar surface area (TPSA) is 155 Å². The van der Waals surface area contributed by atoms with Crippen LogP contribution in [0.4, 0.5) is 4.79 Å². The van der Waals surface area contributed by atoms with Crippen molar-refractivity contribution in [1.29, 1.82) is 0 Å². The molecular weight excluding hydrogens is 420 g/mol. The molecular formula is C16H24N6O7S. The highest BCUT2D eigenvalue weighted by Gasteiger charge is 2.49. The molecule has 3 amide bonds. The lowest BCUT2D eigenvalue weighted by atomic mass is 10.0. The third-order valence-electron chi connectivity index (χ3n) is 5.60. The number of rotatable bonds is 8. The van der Waals surface area contributed by atoms with Crippen LogP contribution in [0.2, 0.25) is 0 Å². The van der Waals surface area contributed by atoms with E-state index in [4.69, 9.17) is 9.39 Å². The van der Waals surface area contributed by atoms with Crippen molar-refractivity contribution >= 4 is 22.3 Å². The van der Waals surface area contributed by atoms with Gasteiger partial charge in [0, 0.05) is 38.1 Å². The number of amides is 3. The van der Waals surface area contributed by atoms with Gasteiger partial charge < -0.3 is 14.8 Å². The summed E-state index contributed by atoms with van der Waals surface area (Å²) in [6.07, 6.45) is 7.01. The van der Waals surface area contributed by atoms with Crippen LogP contribution in [0.15, 0.2) is 18.7 Å². The third kappa shape index (κ3) is 4.73. The SMILES string of the molecule is O=C(NOC[C@H]1C[C@H](Cn2ccnc2)CN1)[C@@H]1CC[C@@H]2CN1C(=O)N2OS(=O)(=O)O. The molecule has 0 aromatic carbocycles. The van der Waals surface area contributed by atoms with E-state index in [1.165, 1.54) is 4.90 Å². The standard InChI is InChI=1S/C16H24N6O7S/c23-15(14-2-1-13-8-21(14)16(24)22(13)29-30(25,26)27)19-28-9-12-5-11(6-18-12)7-20-4-3-17-10-20/h3-4,10-14,18H,1-2,5-9H2,(H,19,23)(H,25,26,27)/t11-,12+,13+,14-/m0/s1. The fraction of sp³-hybridized carbons (Fsp3) is 0.688. The van der Waals surface area contributed by atoms with E-state index in [1.54, 1.807) is 12.5 Å². The van der Waals surface area contributed by atoms with E-state index in [2.05, 4.69) is 20.1 Å². The second-order valence-corrected chi connectivity index (χ2v) is 8.76. The summed E-state index contributed by atoms with van der Waals surface area (Å²) in [5.41, 5.74) is 2.39. The Labute approximate surface area is 173 Å². The first-order chi connectivity index (χ1) is 14.3. The van der Waals surface area contributed by atoms with Gasteiger partial charge in [0.05, 0.1) is 19.0 Å². The Balaban J connectivity index is 1.22. The van der Waals surface area contributed by atoms with Gasteiger partial charge in [-0.2, -0.15) is 13.5 Å². The molecule has 4 heterocycles. The van der Waals surface area contributed by atoms with Crippen LogP contribution in [0, 0.1) is 5.92 Å². The summed E-state index contributed by atoms with van der Waals surface area (Å²) in [5, 5.41) is 3.96. The van der Waals surface area contributed by atoms with Gasteiger partial charge >= 0.3 is 16.4 Å². The van der Waals surface area contributed by atoms with E-state index in [0.717, 1.165) is 19.5 Å². The van der Waals surface area contributed by atoms with Crippen molar-refractivity contribution in [1.82, 2.24) is 30.3 Å². The molecule has 3 fully saturated rings. The maximum atomic E-state index is 12.5. The Morgan fingerprint density at radius 3 is 2.97 bits per heavy atom. The molecule has 4 rings (SSSR count). The second kappa shape index (κ2) is 8.47. The maximum absolute atomic E-state index is 12.5. The highest BCUT2D eigenvalue weighted by molar-refractivity contribution is 7.80. The summed E-state index contributed by atoms with van der Waals surface area (Å²) in [4.78, 5) is 35.4. The van der Waals surface area contributed by atoms with E-state index in [1.807, 2.05) is 10.8 Å². The molecule has 14 heteroatoms. The molecule has 2 bridgehead atoms. The zero-order valence-electron chi connectivity index (χ0n) is 16.1. The number of hydrogen-bond donors (Lipinski definition) is 3. The molecule has 3 aliphatic heterocycles. The lowest BCUT2D eigenvalue weighted by Gasteiger charge is -2.29. The predicted octanol–water partition coefficient (Wildman–Crippen LogP) is -1.09. The van der Waals surface area contributed by atoms with Crippen LogP contribution in [0.5, 0.6) is 0 Å². The van der Waals surface area contributed by atoms with E-state index < -0.39 is 34.4 Å². The number of carbonyl (C=O) groups excluding carboxylic acids is 2. The number of hydroxylamine groups is 3. The average Bonchev–Trinajstić information content (AvgIpc) is 3.40. The zero-order chi connectivity index (χ0) is 21.3. The van der Waals surface area contributed by atoms with Crippen molar-refractivity contribution in [2.24, 2.45) is 5.92 Å². The summed E-state index contributed by atoms with van der Waals surface area (Å²) in [5.74, 6) is -0.0433. The van der Waals surface area contributed by atoms with Gasteiger partial charge in [0.1, 0.15) is 6.04 Å². The number of fused-ring (bicyclic) bond motifs is 2. The summed E-state index contributed by atoms with van der Waals surface area (Å²) < 4.78 is 37.0. The van der Waals surface area contributed by atoms with Crippen molar-refractivity contribution in [3.63, 3.8) is 0 Å². The number of nitrogens with one attached hydrogen (secondary N) is 2. The van der Waals surface area contributed by atoms with Gasteiger partial charge in [0.2, 0.25) is 0 Å². The second-order valence-electron chi connectivity index (χ2n) is 7.75. The smallest absolute Gasteiger partial charge is 0.337 e. The van der Waals surface area contributed by atoms with Gasteiger partial charge in [-0.25, -0.2) is 15.3 Å². The van der Waals surface area contributed by atoms with Crippen molar-refractivity contribution < 1.29 is 31.7 Å². The summed E-state index contributed by atoms with van der Waals surface area (Å²) in [7, 11) is -4.82. The molecule has 13 nitrogen and oxygen atoms in total. The minimum absolute atomic E-state index is 0.0987. The van der Waals surface area contributed by atoms with Crippen molar-refractivity contribution in [2.75, 3.05) is 19.7 Å². The van der Waals surface area contributed by atoms with Crippen LogP contribution < -0.4 is 10.8 Å². The number of piperidine rings is 1. The zero-order valence-corrected chi connectivity index (χ0v) is 16.9. The number of nitrogens with zero attached hydrogens (tertiary/aromatic N) is 4. The van der Waals surface area contributed by atoms with E-state index in [-0.39, 0.29) is 19.2 Å². The highest BCUT2D eigenvalue weighted by Crippen LogP contribution is 2.30. The first-order valence-corrected chi connectivity index (χ1v) is 11.0. The normalized spacial score (nSPS) is 28.9. The van der Waals surface area contributed by atoms with Gasteiger partial charge in [-0.05, 0) is 25.2 Å².